The molecule has 0 aliphatic carbocycles. The molecular formula is C22H16N2O3. The van der Waals surface area contributed by atoms with Crippen LogP contribution in [0, 0.1) is 0 Å². The molecule has 0 aliphatic rings. The van der Waals surface area contributed by atoms with Gasteiger partial charge in [-0.25, -0.2) is 4.79 Å². The van der Waals surface area contributed by atoms with Crippen LogP contribution in [0.15, 0.2) is 94.3 Å². The fourth-order valence-electron chi connectivity index (χ4n) is 2.95. The highest BCUT2D eigenvalue weighted by Gasteiger charge is 2.21. The summed E-state index contributed by atoms with van der Waals surface area (Å²) >= 11 is 0. The van der Waals surface area contributed by atoms with Crippen molar-refractivity contribution in [3.8, 4) is 0 Å². The molecular weight excluding hydrogens is 340 g/mol. The van der Waals surface area contributed by atoms with E-state index in [-0.39, 0.29) is 5.56 Å². The number of aromatic nitrogens is 1. The summed E-state index contributed by atoms with van der Waals surface area (Å²) in [5, 5.41) is 3.60. The first-order valence-electron chi connectivity index (χ1n) is 8.52. The standard InChI is InChI=1S/C22H16N2O3/c25-21(17-14-16-10-4-5-12-19(16)27-22(17)26)24-20(15-8-2-1-3-9-15)18-11-6-7-13-23-18/h1-14,20H,(H,24,25). The van der Waals surface area contributed by atoms with Crippen molar-refractivity contribution in [1.82, 2.24) is 10.3 Å². The van der Waals surface area contributed by atoms with E-state index in [4.69, 9.17) is 4.42 Å². The molecule has 0 aliphatic heterocycles. The predicted molar refractivity (Wildman–Crippen MR) is 102 cm³/mol. The Kier molecular flexibility index (Phi) is 4.49. The summed E-state index contributed by atoms with van der Waals surface area (Å²) in [6.07, 6.45) is 1.67. The number of hydrogen-bond donors (Lipinski definition) is 1. The topological polar surface area (TPSA) is 72.2 Å². The molecule has 132 valence electrons. The molecule has 2 aromatic heterocycles. The van der Waals surface area contributed by atoms with E-state index in [1.807, 2.05) is 54.6 Å². The zero-order valence-corrected chi connectivity index (χ0v) is 14.3. The van der Waals surface area contributed by atoms with Gasteiger partial charge < -0.3 is 9.73 Å². The van der Waals surface area contributed by atoms with Crippen LogP contribution in [0.5, 0.6) is 0 Å². The van der Waals surface area contributed by atoms with E-state index in [9.17, 15) is 9.59 Å². The Morgan fingerprint density at radius 2 is 1.67 bits per heavy atom. The van der Waals surface area contributed by atoms with Crippen LogP contribution in [-0.4, -0.2) is 10.9 Å². The van der Waals surface area contributed by atoms with Crippen LogP contribution in [0.25, 0.3) is 11.0 Å². The van der Waals surface area contributed by atoms with Crippen LogP contribution in [0.3, 0.4) is 0 Å². The van der Waals surface area contributed by atoms with E-state index < -0.39 is 17.6 Å². The van der Waals surface area contributed by atoms with Crippen molar-refractivity contribution >= 4 is 16.9 Å². The number of rotatable bonds is 4. The maximum atomic E-state index is 12.9. The molecule has 27 heavy (non-hydrogen) atoms. The Morgan fingerprint density at radius 1 is 0.926 bits per heavy atom. The number of carbonyl (C=O) groups excluding carboxylic acids is 1. The van der Waals surface area contributed by atoms with Crippen LogP contribution in [0.4, 0.5) is 0 Å². The first-order valence-corrected chi connectivity index (χ1v) is 8.52. The average Bonchev–Trinajstić information content (AvgIpc) is 2.72. The number of carbonyl (C=O) groups is 1. The highest BCUT2D eigenvalue weighted by atomic mass is 16.4. The van der Waals surface area contributed by atoms with Gasteiger partial charge in [0.25, 0.3) is 5.91 Å². The fourth-order valence-corrected chi connectivity index (χ4v) is 2.95. The van der Waals surface area contributed by atoms with Crippen LogP contribution >= 0.6 is 0 Å². The van der Waals surface area contributed by atoms with Gasteiger partial charge in [0, 0.05) is 11.6 Å². The third-order valence-electron chi connectivity index (χ3n) is 4.28. The number of amides is 1. The van der Waals surface area contributed by atoms with Crippen molar-refractivity contribution in [3.63, 3.8) is 0 Å². The Balaban J connectivity index is 1.72. The number of benzene rings is 2. The van der Waals surface area contributed by atoms with E-state index in [0.717, 1.165) is 5.56 Å². The summed E-state index contributed by atoms with van der Waals surface area (Å²) in [7, 11) is 0. The van der Waals surface area contributed by atoms with Crippen molar-refractivity contribution in [2.45, 2.75) is 6.04 Å². The van der Waals surface area contributed by atoms with Gasteiger partial charge in [-0.05, 0) is 29.8 Å². The highest BCUT2D eigenvalue weighted by Crippen LogP contribution is 2.21. The summed E-state index contributed by atoms with van der Waals surface area (Å²) in [5.41, 5.74) is 1.30. The molecule has 5 nitrogen and oxygen atoms in total. The lowest BCUT2D eigenvalue weighted by atomic mass is 10.0. The minimum absolute atomic E-state index is 0.0365. The SMILES string of the molecule is O=C(NC(c1ccccc1)c1ccccn1)c1cc2ccccc2oc1=O. The lowest BCUT2D eigenvalue weighted by molar-refractivity contribution is 0.0938. The predicted octanol–water partition coefficient (Wildman–Crippen LogP) is 3.71. The lowest BCUT2D eigenvalue weighted by Crippen LogP contribution is -2.33. The normalized spacial score (nSPS) is 11.9. The van der Waals surface area contributed by atoms with Gasteiger partial charge in [-0.2, -0.15) is 0 Å². The summed E-state index contributed by atoms with van der Waals surface area (Å²) in [4.78, 5) is 29.5. The summed E-state index contributed by atoms with van der Waals surface area (Å²) < 4.78 is 5.27. The zero-order chi connectivity index (χ0) is 18.6. The highest BCUT2D eigenvalue weighted by molar-refractivity contribution is 5.97. The second-order valence-corrected chi connectivity index (χ2v) is 6.06. The average molecular weight is 356 g/mol. The molecule has 0 radical (unpaired) electrons. The Hall–Kier alpha value is -3.73. The molecule has 5 heteroatoms. The molecule has 0 saturated carbocycles. The Bertz CT molecular complexity index is 1100. The molecule has 4 aromatic rings. The summed E-state index contributed by atoms with van der Waals surface area (Å²) in [6.45, 7) is 0. The largest absolute Gasteiger partial charge is 0.422 e. The minimum atomic E-state index is -0.668. The lowest BCUT2D eigenvalue weighted by Gasteiger charge is -2.18. The number of nitrogens with one attached hydrogen (secondary N) is 1. The van der Waals surface area contributed by atoms with Crippen molar-refractivity contribution < 1.29 is 9.21 Å². The van der Waals surface area contributed by atoms with E-state index in [0.29, 0.717) is 16.7 Å². The molecule has 1 amide bonds. The van der Waals surface area contributed by atoms with Crippen molar-refractivity contribution in [3.05, 3.63) is 112 Å². The van der Waals surface area contributed by atoms with E-state index in [2.05, 4.69) is 10.3 Å². The minimum Gasteiger partial charge on any atom is -0.422 e. The van der Waals surface area contributed by atoms with Crippen molar-refractivity contribution in [2.75, 3.05) is 0 Å². The second kappa shape index (κ2) is 7.25. The van der Waals surface area contributed by atoms with E-state index >= 15 is 0 Å². The smallest absolute Gasteiger partial charge is 0.349 e. The molecule has 0 saturated heterocycles. The molecule has 1 N–H and O–H groups in total. The van der Waals surface area contributed by atoms with Gasteiger partial charge in [0.05, 0.1) is 11.7 Å². The van der Waals surface area contributed by atoms with Gasteiger partial charge in [-0.3, -0.25) is 9.78 Å². The molecule has 0 bridgehead atoms. The number of fused-ring (bicyclic) bond motifs is 1. The van der Waals surface area contributed by atoms with E-state index in [1.165, 1.54) is 0 Å². The monoisotopic (exact) mass is 356 g/mol. The zero-order valence-electron chi connectivity index (χ0n) is 14.3. The van der Waals surface area contributed by atoms with Crippen LogP contribution in [0.1, 0.15) is 27.7 Å². The maximum Gasteiger partial charge on any atom is 0.349 e. The number of hydrogen-bond acceptors (Lipinski definition) is 4. The first-order chi connectivity index (χ1) is 13.2. The van der Waals surface area contributed by atoms with Crippen molar-refractivity contribution in [2.24, 2.45) is 0 Å². The van der Waals surface area contributed by atoms with Gasteiger partial charge in [0.2, 0.25) is 0 Å². The van der Waals surface area contributed by atoms with Crippen LogP contribution in [0.2, 0.25) is 0 Å². The molecule has 2 aromatic carbocycles. The molecule has 1 unspecified atom stereocenters. The summed E-state index contributed by atoms with van der Waals surface area (Å²) in [6, 6.07) is 23.2. The van der Waals surface area contributed by atoms with Gasteiger partial charge >= 0.3 is 5.63 Å². The molecule has 0 spiro atoms. The van der Waals surface area contributed by atoms with E-state index in [1.54, 1.807) is 30.5 Å². The van der Waals surface area contributed by atoms with Gasteiger partial charge in [0.15, 0.2) is 0 Å². The number of para-hydroxylation sites is 1. The molecule has 2 heterocycles. The van der Waals surface area contributed by atoms with Gasteiger partial charge in [0.1, 0.15) is 11.1 Å². The Labute approximate surface area is 155 Å². The molecule has 0 fully saturated rings. The molecule has 4 rings (SSSR count). The fraction of sp³-hybridized carbons (Fsp3) is 0.0455. The summed E-state index contributed by atoms with van der Waals surface area (Å²) in [5.74, 6) is -0.506. The third kappa shape index (κ3) is 3.48. The van der Waals surface area contributed by atoms with Crippen molar-refractivity contribution in [1.29, 1.82) is 0 Å². The maximum absolute atomic E-state index is 12.9. The third-order valence-corrected chi connectivity index (χ3v) is 4.28. The number of nitrogens with zero attached hydrogens (tertiary/aromatic N) is 1. The second-order valence-electron chi connectivity index (χ2n) is 6.06. The van der Waals surface area contributed by atoms with Crippen LogP contribution in [-0.2, 0) is 0 Å². The Morgan fingerprint density at radius 3 is 2.44 bits per heavy atom. The van der Waals surface area contributed by atoms with Gasteiger partial charge in [-0.15, -0.1) is 0 Å². The molecule has 1 atom stereocenters. The first kappa shape index (κ1) is 16.7. The number of pyridine rings is 1. The quantitative estimate of drug-likeness (QED) is 0.566. The van der Waals surface area contributed by atoms with Crippen LogP contribution < -0.4 is 10.9 Å². The van der Waals surface area contributed by atoms with Gasteiger partial charge in [-0.1, -0.05) is 54.6 Å².